The molecule has 4 nitrogen and oxygen atoms in total. The van der Waals surface area contributed by atoms with Crippen molar-refractivity contribution in [2.24, 2.45) is 0 Å². The second kappa shape index (κ2) is 6.95. The van der Waals surface area contributed by atoms with Crippen molar-refractivity contribution in [3.8, 4) is 11.1 Å². The molecule has 1 N–H and O–H groups in total. The summed E-state index contributed by atoms with van der Waals surface area (Å²) < 4.78 is 25.1. The maximum Gasteiger partial charge on any atom is 0.348 e. The highest BCUT2D eigenvalue weighted by Crippen LogP contribution is 2.39. The van der Waals surface area contributed by atoms with Crippen LogP contribution in [0.3, 0.4) is 0 Å². The maximum atomic E-state index is 13.5. The van der Waals surface area contributed by atoms with Gasteiger partial charge >= 0.3 is 5.63 Å². The van der Waals surface area contributed by atoms with Gasteiger partial charge in [0, 0.05) is 6.54 Å². The quantitative estimate of drug-likeness (QED) is 0.388. The Balaban J connectivity index is 1.74. The first-order valence-electron chi connectivity index (χ1n) is 9.23. The molecule has 5 rings (SSSR count). The SMILES string of the molecule is O=c1oc2ccccc2c2oc(NCc3ccccc3)c(-c3ccc(F)cc3)c12. The van der Waals surface area contributed by atoms with Gasteiger partial charge in [0.1, 0.15) is 16.8 Å². The second-order valence-corrected chi connectivity index (χ2v) is 6.74. The van der Waals surface area contributed by atoms with E-state index >= 15 is 0 Å². The highest BCUT2D eigenvalue weighted by Gasteiger charge is 2.22. The molecule has 0 saturated heterocycles. The first-order valence-corrected chi connectivity index (χ1v) is 9.23. The fourth-order valence-electron chi connectivity index (χ4n) is 3.50. The van der Waals surface area contributed by atoms with Crippen molar-refractivity contribution >= 4 is 27.8 Å². The van der Waals surface area contributed by atoms with Gasteiger partial charge in [-0.05, 0) is 35.4 Å². The average molecular weight is 385 g/mol. The molecule has 2 heterocycles. The van der Waals surface area contributed by atoms with E-state index in [9.17, 15) is 9.18 Å². The Morgan fingerprint density at radius 1 is 0.828 bits per heavy atom. The summed E-state index contributed by atoms with van der Waals surface area (Å²) in [7, 11) is 0. The van der Waals surface area contributed by atoms with E-state index in [1.807, 2.05) is 42.5 Å². The van der Waals surface area contributed by atoms with Gasteiger partial charge < -0.3 is 14.2 Å². The zero-order valence-electron chi connectivity index (χ0n) is 15.3. The van der Waals surface area contributed by atoms with E-state index in [0.29, 0.717) is 45.5 Å². The molecule has 5 heteroatoms. The van der Waals surface area contributed by atoms with E-state index in [-0.39, 0.29) is 5.82 Å². The van der Waals surface area contributed by atoms with Crippen LogP contribution in [0.15, 0.2) is 92.5 Å². The fraction of sp³-hybridized carbons (Fsp3) is 0.0417. The van der Waals surface area contributed by atoms with Crippen molar-refractivity contribution in [2.75, 3.05) is 5.32 Å². The number of fused-ring (bicyclic) bond motifs is 3. The minimum absolute atomic E-state index is 0.339. The average Bonchev–Trinajstić information content (AvgIpc) is 3.14. The number of benzene rings is 3. The first-order chi connectivity index (χ1) is 14.2. The molecule has 0 atom stereocenters. The highest BCUT2D eigenvalue weighted by molar-refractivity contribution is 6.09. The van der Waals surface area contributed by atoms with Crippen LogP contribution < -0.4 is 10.9 Å². The number of hydrogen-bond acceptors (Lipinski definition) is 4. The molecular weight excluding hydrogens is 369 g/mol. The van der Waals surface area contributed by atoms with Gasteiger partial charge in [0.25, 0.3) is 0 Å². The van der Waals surface area contributed by atoms with Gasteiger partial charge in [0.05, 0.1) is 10.9 Å². The Bertz CT molecular complexity index is 1370. The minimum atomic E-state index is -0.491. The molecule has 5 aromatic rings. The molecule has 0 spiro atoms. The molecule has 0 saturated carbocycles. The van der Waals surface area contributed by atoms with Crippen LogP contribution in [0, 0.1) is 5.82 Å². The molecule has 142 valence electrons. The van der Waals surface area contributed by atoms with Crippen molar-refractivity contribution in [1.82, 2.24) is 0 Å². The Kier molecular flexibility index (Phi) is 4.13. The van der Waals surface area contributed by atoms with Gasteiger partial charge in [0.2, 0.25) is 5.88 Å². The van der Waals surface area contributed by atoms with E-state index < -0.39 is 5.63 Å². The smallest absolute Gasteiger partial charge is 0.348 e. The van der Waals surface area contributed by atoms with Crippen molar-refractivity contribution in [3.05, 3.63) is 101 Å². The first kappa shape index (κ1) is 17.3. The lowest BCUT2D eigenvalue weighted by molar-refractivity contribution is 0.565. The summed E-state index contributed by atoms with van der Waals surface area (Å²) in [5.41, 5.74) is 2.72. The molecule has 0 bridgehead atoms. The van der Waals surface area contributed by atoms with Crippen LogP contribution in [0.5, 0.6) is 0 Å². The van der Waals surface area contributed by atoms with E-state index in [1.165, 1.54) is 12.1 Å². The predicted octanol–water partition coefficient (Wildman–Crippen LogP) is 5.96. The molecule has 29 heavy (non-hydrogen) atoms. The largest absolute Gasteiger partial charge is 0.439 e. The van der Waals surface area contributed by atoms with E-state index in [0.717, 1.165) is 5.56 Å². The van der Waals surface area contributed by atoms with Crippen LogP contribution in [0.25, 0.3) is 33.1 Å². The molecule has 0 fully saturated rings. The van der Waals surface area contributed by atoms with Gasteiger partial charge in [-0.3, -0.25) is 0 Å². The Labute approximate surface area is 165 Å². The summed E-state index contributed by atoms with van der Waals surface area (Å²) in [6.45, 7) is 0.512. The molecule has 0 unspecified atom stereocenters. The molecule has 0 amide bonds. The summed E-state index contributed by atoms with van der Waals surface area (Å²) in [5.74, 6) is 0.0944. The summed E-state index contributed by atoms with van der Waals surface area (Å²) in [6.07, 6.45) is 0. The number of furan rings is 1. The summed E-state index contributed by atoms with van der Waals surface area (Å²) >= 11 is 0. The number of halogens is 1. The fourth-order valence-corrected chi connectivity index (χ4v) is 3.50. The monoisotopic (exact) mass is 385 g/mol. The normalized spacial score (nSPS) is 11.2. The molecule has 3 aromatic carbocycles. The van der Waals surface area contributed by atoms with Crippen molar-refractivity contribution < 1.29 is 13.2 Å². The van der Waals surface area contributed by atoms with Crippen molar-refractivity contribution in [2.45, 2.75) is 6.54 Å². The van der Waals surface area contributed by atoms with E-state index in [2.05, 4.69) is 5.32 Å². The van der Waals surface area contributed by atoms with Crippen LogP contribution in [0.2, 0.25) is 0 Å². The highest BCUT2D eigenvalue weighted by atomic mass is 19.1. The predicted molar refractivity (Wildman–Crippen MR) is 111 cm³/mol. The van der Waals surface area contributed by atoms with E-state index in [1.54, 1.807) is 24.3 Å². The maximum absolute atomic E-state index is 13.5. The number of para-hydroxylation sites is 1. The third-order valence-corrected chi connectivity index (χ3v) is 4.88. The van der Waals surface area contributed by atoms with Gasteiger partial charge in [0.15, 0.2) is 5.58 Å². The Hall–Kier alpha value is -3.86. The topological polar surface area (TPSA) is 55.4 Å². The standard InChI is InChI=1S/C24H16FNO3/c25-17-12-10-16(11-13-17)20-21-22(18-8-4-5-9-19(18)28-24(21)27)29-23(20)26-14-15-6-2-1-3-7-15/h1-13,26H,14H2. The van der Waals surface area contributed by atoms with E-state index in [4.69, 9.17) is 8.83 Å². The van der Waals surface area contributed by atoms with Crippen LogP contribution in [0.1, 0.15) is 5.56 Å². The van der Waals surface area contributed by atoms with Gasteiger partial charge in [-0.1, -0.05) is 54.6 Å². The molecule has 2 aromatic heterocycles. The molecule has 0 aliphatic carbocycles. The van der Waals surface area contributed by atoms with Gasteiger partial charge in [-0.2, -0.15) is 0 Å². The van der Waals surface area contributed by atoms with Crippen LogP contribution in [0.4, 0.5) is 10.3 Å². The Morgan fingerprint density at radius 3 is 2.34 bits per heavy atom. The van der Waals surface area contributed by atoms with Crippen molar-refractivity contribution in [3.63, 3.8) is 0 Å². The molecular formula is C24H16FNO3. The van der Waals surface area contributed by atoms with Crippen LogP contribution in [-0.2, 0) is 6.54 Å². The van der Waals surface area contributed by atoms with Gasteiger partial charge in [-0.25, -0.2) is 9.18 Å². The van der Waals surface area contributed by atoms with Gasteiger partial charge in [-0.15, -0.1) is 0 Å². The minimum Gasteiger partial charge on any atom is -0.439 e. The van der Waals surface area contributed by atoms with Crippen LogP contribution in [-0.4, -0.2) is 0 Å². The number of nitrogens with one attached hydrogen (secondary N) is 1. The lowest BCUT2D eigenvalue weighted by atomic mass is 10.0. The van der Waals surface area contributed by atoms with Crippen molar-refractivity contribution in [1.29, 1.82) is 0 Å². The third-order valence-electron chi connectivity index (χ3n) is 4.88. The third kappa shape index (κ3) is 3.06. The summed E-state index contributed by atoms with van der Waals surface area (Å²) in [4.78, 5) is 12.8. The number of anilines is 1. The lowest BCUT2D eigenvalue weighted by Gasteiger charge is -2.06. The molecule has 0 aliphatic heterocycles. The van der Waals surface area contributed by atoms with Crippen LogP contribution >= 0.6 is 0 Å². The zero-order chi connectivity index (χ0) is 19.8. The second-order valence-electron chi connectivity index (χ2n) is 6.74. The molecule has 0 radical (unpaired) electrons. The summed E-state index contributed by atoms with van der Waals surface area (Å²) in [6, 6.07) is 23.1. The molecule has 0 aliphatic rings. The lowest BCUT2D eigenvalue weighted by Crippen LogP contribution is -2.01. The summed E-state index contributed by atoms with van der Waals surface area (Å²) in [5, 5.41) is 4.33. The number of rotatable bonds is 4. The number of hydrogen-bond donors (Lipinski definition) is 1. The Morgan fingerprint density at radius 2 is 1.55 bits per heavy atom. The zero-order valence-corrected chi connectivity index (χ0v) is 15.3.